The van der Waals surface area contributed by atoms with Crippen molar-refractivity contribution in [2.45, 2.75) is 5.03 Å². The summed E-state index contributed by atoms with van der Waals surface area (Å²) in [4.78, 5) is 11.0. The Morgan fingerprint density at radius 3 is 2.33 bits per heavy atom. The van der Waals surface area contributed by atoms with Crippen molar-refractivity contribution in [1.29, 1.82) is 0 Å². The van der Waals surface area contributed by atoms with Gasteiger partial charge in [0.15, 0.2) is 5.03 Å². The molecular weight excluding hydrogens is 498 g/mol. The van der Waals surface area contributed by atoms with E-state index in [0.717, 1.165) is 10.7 Å². The number of carbonyl (C=O) groups is 1. The number of aromatic nitrogens is 2. The highest BCUT2D eigenvalue weighted by atomic mass is 79.9. The van der Waals surface area contributed by atoms with Gasteiger partial charge in [0.05, 0.1) is 11.9 Å². The van der Waals surface area contributed by atoms with Crippen LogP contribution in [0.4, 0.5) is 5.69 Å². The van der Waals surface area contributed by atoms with Crippen molar-refractivity contribution in [1.82, 2.24) is 10.2 Å². The third-order valence-electron chi connectivity index (χ3n) is 2.35. The summed E-state index contributed by atoms with van der Waals surface area (Å²) < 4.78 is 28.5. The molecule has 0 saturated carbocycles. The highest BCUT2D eigenvalue weighted by Gasteiger charge is 2.26. The molecule has 21 heavy (non-hydrogen) atoms. The molecule has 0 bridgehead atoms. The van der Waals surface area contributed by atoms with Crippen LogP contribution in [0, 0.1) is 0 Å². The molecule has 2 rings (SSSR count). The molecule has 0 aliphatic rings. The average Bonchev–Trinajstić information content (AvgIpc) is 2.83. The number of sulfonamides is 1. The van der Waals surface area contributed by atoms with Gasteiger partial charge in [-0.2, -0.15) is 13.5 Å². The van der Waals surface area contributed by atoms with Crippen LogP contribution in [0.5, 0.6) is 0 Å². The van der Waals surface area contributed by atoms with Gasteiger partial charge in [0.25, 0.3) is 10.0 Å². The Morgan fingerprint density at radius 2 is 1.81 bits per heavy atom. The number of carboxylic acid groups (broad SMARTS) is 1. The number of hydrogen-bond donors (Lipinski definition) is 3. The summed E-state index contributed by atoms with van der Waals surface area (Å²) in [5, 5.41) is 14.1. The Kier molecular flexibility index (Phi) is 4.76. The molecule has 0 unspecified atom stereocenters. The number of carboxylic acids is 1. The van der Waals surface area contributed by atoms with E-state index in [4.69, 9.17) is 5.11 Å². The number of nitrogens with one attached hydrogen (secondary N) is 2. The van der Waals surface area contributed by atoms with Crippen LogP contribution in [0.25, 0.3) is 0 Å². The van der Waals surface area contributed by atoms with Crippen molar-refractivity contribution < 1.29 is 18.3 Å². The minimum absolute atomic E-state index is 0.240. The van der Waals surface area contributed by atoms with Gasteiger partial charge in [0.1, 0.15) is 5.56 Å². The van der Waals surface area contributed by atoms with Crippen LogP contribution in [-0.2, 0) is 10.0 Å². The van der Waals surface area contributed by atoms with E-state index in [2.05, 4.69) is 62.7 Å². The highest BCUT2D eigenvalue weighted by Crippen LogP contribution is 2.35. The third-order valence-corrected chi connectivity index (χ3v) is 5.38. The molecule has 1 heterocycles. The molecule has 0 saturated heterocycles. The van der Waals surface area contributed by atoms with E-state index in [1.165, 1.54) is 0 Å². The first-order valence-electron chi connectivity index (χ1n) is 5.16. The Bertz CT molecular complexity index is 796. The lowest BCUT2D eigenvalue weighted by molar-refractivity contribution is 0.0692. The first kappa shape index (κ1) is 16.5. The molecule has 0 fully saturated rings. The summed E-state index contributed by atoms with van der Waals surface area (Å²) in [5.41, 5.74) is -0.198. The van der Waals surface area contributed by atoms with Gasteiger partial charge in [-0.3, -0.25) is 9.82 Å². The van der Waals surface area contributed by atoms with Gasteiger partial charge in [-0.05, 0) is 44.0 Å². The summed E-state index contributed by atoms with van der Waals surface area (Å²) in [7, 11) is -4.13. The molecular formula is C10H6Br3N3O4S. The zero-order valence-electron chi connectivity index (χ0n) is 9.89. The predicted octanol–water partition coefficient (Wildman–Crippen LogP) is 3.20. The first-order chi connectivity index (χ1) is 9.72. The number of aromatic carboxylic acids is 1. The largest absolute Gasteiger partial charge is 0.478 e. The fourth-order valence-electron chi connectivity index (χ4n) is 1.46. The van der Waals surface area contributed by atoms with Gasteiger partial charge in [0, 0.05) is 13.4 Å². The Morgan fingerprint density at radius 1 is 1.24 bits per heavy atom. The lowest BCUT2D eigenvalue weighted by Gasteiger charge is -2.11. The summed E-state index contributed by atoms with van der Waals surface area (Å²) in [6.45, 7) is 0. The Balaban J connectivity index is 2.48. The monoisotopic (exact) mass is 501 g/mol. The topological polar surface area (TPSA) is 112 Å². The summed E-state index contributed by atoms with van der Waals surface area (Å²) >= 11 is 9.73. The van der Waals surface area contributed by atoms with Crippen LogP contribution < -0.4 is 4.72 Å². The Labute approximate surface area is 144 Å². The van der Waals surface area contributed by atoms with E-state index in [1.807, 2.05) is 0 Å². The van der Waals surface area contributed by atoms with Gasteiger partial charge in [-0.25, -0.2) is 4.79 Å². The summed E-state index contributed by atoms with van der Waals surface area (Å²) in [5.74, 6) is -1.39. The number of aromatic amines is 1. The molecule has 0 spiro atoms. The van der Waals surface area contributed by atoms with Gasteiger partial charge >= 0.3 is 5.97 Å². The van der Waals surface area contributed by atoms with Crippen LogP contribution in [-0.4, -0.2) is 29.7 Å². The number of benzene rings is 1. The van der Waals surface area contributed by atoms with E-state index in [1.54, 1.807) is 12.1 Å². The zero-order valence-corrected chi connectivity index (χ0v) is 15.5. The van der Waals surface area contributed by atoms with Gasteiger partial charge in [-0.15, -0.1) is 0 Å². The van der Waals surface area contributed by atoms with Gasteiger partial charge < -0.3 is 5.11 Å². The number of anilines is 1. The minimum Gasteiger partial charge on any atom is -0.478 e. The molecule has 0 radical (unpaired) electrons. The molecule has 7 nitrogen and oxygen atoms in total. The summed E-state index contributed by atoms with van der Waals surface area (Å²) in [6, 6.07) is 3.29. The van der Waals surface area contributed by atoms with E-state index in [-0.39, 0.29) is 5.69 Å². The van der Waals surface area contributed by atoms with E-state index < -0.39 is 26.6 Å². The SMILES string of the molecule is O=C(O)c1cn[nH]c1S(=O)(=O)Nc1c(Br)cc(Br)cc1Br. The van der Waals surface area contributed by atoms with Crippen LogP contribution in [0.1, 0.15) is 10.4 Å². The van der Waals surface area contributed by atoms with Gasteiger partial charge in [0.2, 0.25) is 0 Å². The first-order valence-corrected chi connectivity index (χ1v) is 9.02. The molecule has 1 aromatic heterocycles. The molecule has 3 N–H and O–H groups in total. The number of H-pyrrole nitrogens is 1. The van der Waals surface area contributed by atoms with Crippen LogP contribution >= 0.6 is 47.8 Å². The fraction of sp³-hybridized carbons (Fsp3) is 0. The van der Waals surface area contributed by atoms with Crippen molar-refractivity contribution in [3.8, 4) is 0 Å². The van der Waals surface area contributed by atoms with Crippen molar-refractivity contribution in [2.75, 3.05) is 4.72 Å². The van der Waals surface area contributed by atoms with Gasteiger partial charge in [-0.1, -0.05) is 15.9 Å². The maximum Gasteiger partial charge on any atom is 0.340 e. The number of nitrogens with zero attached hydrogens (tertiary/aromatic N) is 1. The van der Waals surface area contributed by atoms with Crippen LogP contribution in [0.15, 0.2) is 36.8 Å². The molecule has 0 amide bonds. The summed E-state index contributed by atoms with van der Waals surface area (Å²) in [6.07, 6.45) is 0.933. The van der Waals surface area contributed by atoms with Crippen molar-refractivity contribution in [3.63, 3.8) is 0 Å². The quantitative estimate of drug-likeness (QED) is 0.593. The number of rotatable bonds is 4. The maximum absolute atomic E-state index is 12.3. The van der Waals surface area contributed by atoms with E-state index in [9.17, 15) is 13.2 Å². The molecule has 0 aliphatic carbocycles. The van der Waals surface area contributed by atoms with Crippen LogP contribution in [0.2, 0.25) is 0 Å². The smallest absolute Gasteiger partial charge is 0.340 e. The predicted molar refractivity (Wildman–Crippen MR) is 85.9 cm³/mol. The minimum atomic E-state index is -4.13. The highest BCUT2D eigenvalue weighted by molar-refractivity contribution is 9.11. The molecule has 112 valence electrons. The lowest BCUT2D eigenvalue weighted by atomic mass is 10.3. The maximum atomic E-state index is 12.3. The van der Waals surface area contributed by atoms with Crippen LogP contribution in [0.3, 0.4) is 0 Å². The second kappa shape index (κ2) is 6.07. The average molecular weight is 504 g/mol. The zero-order chi connectivity index (χ0) is 15.8. The number of halogens is 3. The van der Waals surface area contributed by atoms with E-state index in [0.29, 0.717) is 8.95 Å². The van der Waals surface area contributed by atoms with Crippen molar-refractivity contribution >= 4 is 69.5 Å². The molecule has 2 aromatic rings. The Hall–Kier alpha value is -0.910. The second-order valence-corrected chi connectivity index (χ2v) is 8.01. The third kappa shape index (κ3) is 3.47. The van der Waals surface area contributed by atoms with E-state index >= 15 is 0 Å². The van der Waals surface area contributed by atoms with Crippen molar-refractivity contribution in [3.05, 3.63) is 37.3 Å². The second-order valence-electron chi connectivity index (χ2n) is 3.77. The standard InChI is InChI=1S/C10H6Br3N3O4S/c11-4-1-6(12)8(7(13)2-4)16-21(19,20)9-5(10(17)18)3-14-15-9/h1-3,16H,(H,14,15)(H,17,18). The fourth-order valence-corrected chi connectivity index (χ4v) is 5.37. The van der Waals surface area contributed by atoms with Crippen molar-refractivity contribution in [2.24, 2.45) is 0 Å². The molecule has 0 atom stereocenters. The lowest BCUT2D eigenvalue weighted by Crippen LogP contribution is -2.17. The molecule has 0 aliphatic heterocycles. The molecule has 1 aromatic carbocycles. The molecule has 11 heteroatoms. The number of hydrogen-bond acceptors (Lipinski definition) is 4. The normalized spacial score (nSPS) is 11.4.